The lowest BCUT2D eigenvalue weighted by Gasteiger charge is -2.35. The van der Waals surface area contributed by atoms with Gasteiger partial charge in [-0.05, 0) is 32.4 Å². The summed E-state index contributed by atoms with van der Waals surface area (Å²) in [6, 6.07) is 4.85. The van der Waals surface area contributed by atoms with Gasteiger partial charge in [0.25, 0.3) is 5.91 Å². The van der Waals surface area contributed by atoms with Crippen molar-refractivity contribution in [2.75, 3.05) is 32.8 Å². The average Bonchev–Trinajstić information content (AvgIpc) is 2.55. The largest absolute Gasteiger partial charge is 0.483 e. The number of benzene rings is 1. The molecule has 1 fully saturated rings. The SMILES string of the molecule is CC1CN(CCCNC(=O)COc2ccccc2C(F)(F)F)CC(C)O1. The van der Waals surface area contributed by atoms with E-state index < -0.39 is 24.3 Å². The van der Waals surface area contributed by atoms with Crippen molar-refractivity contribution in [1.29, 1.82) is 0 Å². The number of morpholine rings is 1. The molecule has 2 atom stereocenters. The van der Waals surface area contributed by atoms with Gasteiger partial charge in [0.15, 0.2) is 6.61 Å². The predicted molar refractivity (Wildman–Crippen MR) is 91.0 cm³/mol. The van der Waals surface area contributed by atoms with Crippen molar-refractivity contribution in [1.82, 2.24) is 10.2 Å². The van der Waals surface area contributed by atoms with Gasteiger partial charge >= 0.3 is 6.18 Å². The molecule has 0 radical (unpaired) electrons. The van der Waals surface area contributed by atoms with Crippen LogP contribution in [0, 0.1) is 0 Å². The summed E-state index contributed by atoms with van der Waals surface area (Å²) in [6.45, 7) is 6.60. The normalized spacial score (nSPS) is 21.4. The Hall–Kier alpha value is -1.80. The molecule has 8 heteroatoms. The lowest BCUT2D eigenvalue weighted by atomic mass is 10.2. The summed E-state index contributed by atoms with van der Waals surface area (Å²) >= 11 is 0. The first-order chi connectivity index (χ1) is 12.3. The molecule has 1 aliphatic rings. The molecule has 0 spiro atoms. The lowest BCUT2D eigenvalue weighted by Crippen LogP contribution is -2.46. The van der Waals surface area contributed by atoms with Crippen LogP contribution in [0.5, 0.6) is 5.75 Å². The summed E-state index contributed by atoms with van der Waals surface area (Å²) in [4.78, 5) is 14.1. The molecule has 2 rings (SSSR count). The first kappa shape index (κ1) is 20.5. The zero-order chi connectivity index (χ0) is 19.2. The topological polar surface area (TPSA) is 50.8 Å². The molecule has 5 nitrogen and oxygen atoms in total. The van der Waals surface area contributed by atoms with Crippen LogP contribution in [0.2, 0.25) is 0 Å². The van der Waals surface area contributed by atoms with Gasteiger partial charge in [0.1, 0.15) is 5.75 Å². The highest BCUT2D eigenvalue weighted by molar-refractivity contribution is 5.77. The van der Waals surface area contributed by atoms with E-state index in [0.717, 1.165) is 32.1 Å². The van der Waals surface area contributed by atoms with Crippen LogP contribution in [0.3, 0.4) is 0 Å². The van der Waals surface area contributed by atoms with Gasteiger partial charge in [-0.2, -0.15) is 13.2 Å². The van der Waals surface area contributed by atoms with E-state index in [1.54, 1.807) is 0 Å². The predicted octanol–water partition coefficient (Wildman–Crippen LogP) is 2.70. The smallest absolute Gasteiger partial charge is 0.419 e. The van der Waals surface area contributed by atoms with Crippen LogP contribution in [-0.4, -0.2) is 55.8 Å². The number of ether oxygens (including phenoxy) is 2. The Morgan fingerprint density at radius 2 is 1.92 bits per heavy atom. The first-order valence-electron chi connectivity index (χ1n) is 8.69. The van der Waals surface area contributed by atoms with Gasteiger partial charge in [0, 0.05) is 26.2 Å². The average molecular weight is 374 g/mol. The molecule has 1 aromatic carbocycles. The number of hydrogen-bond donors (Lipinski definition) is 1. The van der Waals surface area contributed by atoms with E-state index >= 15 is 0 Å². The second-order valence-electron chi connectivity index (χ2n) is 6.50. The monoisotopic (exact) mass is 374 g/mol. The van der Waals surface area contributed by atoms with Crippen molar-refractivity contribution in [3.63, 3.8) is 0 Å². The number of para-hydroxylation sites is 1. The number of alkyl halides is 3. The molecule has 1 amide bonds. The van der Waals surface area contributed by atoms with Gasteiger partial charge < -0.3 is 14.8 Å². The fourth-order valence-electron chi connectivity index (χ4n) is 3.02. The number of rotatable bonds is 7. The fourth-order valence-corrected chi connectivity index (χ4v) is 3.02. The first-order valence-corrected chi connectivity index (χ1v) is 8.69. The zero-order valence-corrected chi connectivity index (χ0v) is 15.0. The maximum Gasteiger partial charge on any atom is 0.419 e. The number of carbonyl (C=O) groups is 1. The van der Waals surface area contributed by atoms with Crippen LogP contribution < -0.4 is 10.1 Å². The van der Waals surface area contributed by atoms with E-state index in [0.29, 0.717) is 6.54 Å². The van der Waals surface area contributed by atoms with E-state index in [4.69, 9.17) is 9.47 Å². The van der Waals surface area contributed by atoms with Gasteiger partial charge in [-0.1, -0.05) is 12.1 Å². The Morgan fingerprint density at radius 1 is 1.27 bits per heavy atom. The molecule has 1 heterocycles. The van der Waals surface area contributed by atoms with Crippen LogP contribution in [-0.2, 0) is 15.7 Å². The quantitative estimate of drug-likeness (QED) is 0.746. The Morgan fingerprint density at radius 3 is 2.58 bits per heavy atom. The van der Waals surface area contributed by atoms with Crippen molar-refractivity contribution >= 4 is 5.91 Å². The van der Waals surface area contributed by atoms with Crippen molar-refractivity contribution in [2.24, 2.45) is 0 Å². The van der Waals surface area contributed by atoms with Gasteiger partial charge in [-0.3, -0.25) is 9.69 Å². The Kier molecular flexibility index (Phi) is 7.28. The molecule has 1 aliphatic heterocycles. The van der Waals surface area contributed by atoms with E-state index in [2.05, 4.69) is 10.2 Å². The minimum Gasteiger partial charge on any atom is -0.483 e. The third kappa shape index (κ3) is 6.49. The van der Waals surface area contributed by atoms with Crippen LogP contribution in [0.25, 0.3) is 0 Å². The van der Waals surface area contributed by atoms with Crippen molar-refractivity contribution < 1.29 is 27.4 Å². The summed E-state index contributed by atoms with van der Waals surface area (Å²) < 4.78 is 49.3. The Balaban J connectivity index is 1.68. The van der Waals surface area contributed by atoms with Crippen LogP contribution in [0.4, 0.5) is 13.2 Å². The highest BCUT2D eigenvalue weighted by atomic mass is 19.4. The van der Waals surface area contributed by atoms with Crippen molar-refractivity contribution in [2.45, 2.75) is 38.7 Å². The number of amides is 1. The number of nitrogens with one attached hydrogen (secondary N) is 1. The third-order valence-corrected chi connectivity index (χ3v) is 4.02. The molecule has 1 N–H and O–H groups in total. The fraction of sp³-hybridized carbons (Fsp3) is 0.611. The summed E-state index contributed by atoms with van der Waals surface area (Å²) in [6.07, 6.45) is -3.38. The molecule has 0 bridgehead atoms. The molecule has 1 aromatic rings. The molecular weight excluding hydrogens is 349 g/mol. The van der Waals surface area contributed by atoms with Crippen LogP contribution >= 0.6 is 0 Å². The van der Waals surface area contributed by atoms with E-state index in [-0.39, 0.29) is 18.0 Å². The molecule has 0 aromatic heterocycles. The lowest BCUT2D eigenvalue weighted by molar-refractivity contribution is -0.139. The summed E-state index contributed by atoms with van der Waals surface area (Å²) in [5.74, 6) is -0.780. The summed E-state index contributed by atoms with van der Waals surface area (Å²) in [7, 11) is 0. The molecule has 2 unspecified atom stereocenters. The van der Waals surface area contributed by atoms with Gasteiger partial charge in [-0.15, -0.1) is 0 Å². The Bertz CT molecular complexity index is 585. The highest BCUT2D eigenvalue weighted by Crippen LogP contribution is 2.35. The maximum atomic E-state index is 12.9. The van der Waals surface area contributed by atoms with E-state index in [9.17, 15) is 18.0 Å². The van der Waals surface area contributed by atoms with E-state index in [1.165, 1.54) is 18.2 Å². The van der Waals surface area contributed by atoms with Gasteiger partial charge in [0.05, 0.1) is 17.8 Å². The van der Waals surface area contributed by atoms with Crippen LogP contribution in [0.1, 0.15) is 25.8 Å². The molecule has 0 aliphatic carbocycles. The Labute approximate surface area is 151 Å². The minimum atomic E-state index is -4.51. The number of hydrogen-bond acceptors (Lipinski definition) is 4. The van der Waals surface area contributed by atoms with Gasteiger partial charge in [0.2, 0.25) is 0 Å². The maximum absolute atomic E-state index is 12.9. The second-order valence-corrected chi connectivity index (χ2v) is 6.50. The number of halogens is 3. The number of carbonyl (C=O) groups excluding carboxylic acids is 1. The second kappa shape index (κ2) is 9.23. The van der Waals surface area contributed by atoms with Crippen LogP contribution in [0.15, 0.2) is 24.3 Å². The minimum absolute atomic E-state index is 0.190. The van der Waals surface area contributed by atoms with Gasteiger partial charge in [-0.25, -0.2) is 0 Å². The molecule has 26 heavy (non-hydrogen) atoms. The van der Waals surface area contributed by atoms with Crippen molar-refractivity contribution in [3.05, 3.63) is 29.8 Å². The number of nitrogens with zero attached hydrogens (tertiary/aromatic N) is 1. The third-order valence-electron chi connectivity index (χ3n) is 4.02. The van der Waals surface area contributed by atoms with E-state index in [1.807, 2.05) is 13.8 Å². The molecule has 0 saturated carbocycles. The molecule has 146 valence electrons. The summed E-state index contributed by atoms with van der Waals surface area (Å²) in [5, 5.41) is 2.67. The molecular formula is C18H25F3N2O3. The molecule has 1 saturated heterocycles. The van der Waals surface area contributed by atoms with Crippen molar-refractivity contribution in [3.8, 4) is 5.75 Å². The summed E-state index contributed by atoms with van der Waals surface area (Å²) in [5.41, 5.74) is -0.886. The zero-order valence-electron chi connectivity index (χ0n) is 15.0. The standard InChI is InChI=1S/C18H25F3N2O3/c1-13-10-23(11-14(2)26-13)9-5-8-22-17(24)12-25-16-7-4-3-6-15(16)18(19,20)21/h3-4,6-7,13-14H,5,8-12H2,1-2H3,(H,22,24). The highest BCUT2D eigenvalue weighted by Gasteiger charge is 2.34.